The van der Waals surface area contributed by atoms with E-state index in [1.165, 1.54) is 24.3 Å². The summed E-state index contributed by atoms with van der Waals surface area (Å²) in [5.41, 5.74) is 2.21. The van der Waals surface area contributed by atoms with E-state index < -0.39 is 10.8 Å². The van der Waals surface area contributed by atoms with Crippen LogP contribution in [0.2, 0.25) is 5.02 Å². The SMILES string of the molecule is Cc1ccc(C(=O)NCCO)cc1C(=O)c1ccc(Nc2ccccc2[N+](=O)[O-])cc1Cl. The second-order valence-corrected chi connectivity index (χ2v) is 7.34. The van der Waals surface area contributed by atoms with Gasteiger partial charge >= 0.3 is 0 Å². The maximum atomic E-state index is 13.1. The standard InChI is InChI=1S/C23H20ClN3O5/c1-14-6-7-15(23(30)25-10-11-28)12-18(14)22(29)17-9-8-16(13-19(17)24)26-20-4-2-3-5-21(20)27(31)32/h2-9,12-13,26,28H,10-11H2,1H3,(H,25,30). The third-order valence-corrected chi connectivity index (χ3v) is 5.05. The number of ketones is 1. The molecule has 9 heteroatoms. The zero-order chi connectivity index (χ0) is 23.3. The van der Waals surface area contributed by atoms with Gasteiger partial charge in [0.25, 0.3) is 11.6 Å². The summed E-state index contributed by atoms with van der Waals surface area (Å²) in [7, 11) is 0. The monoisotopic (exact) mass is 453 g/mol. The fraction of sp³-hybridized carbons (Fsp3) is 0.130. The van der Waals surface area contributed by atoms with Crippen LogP contribution >= 0.6 is 11.6 Å². The molecule has 0 fully saturated rings. The zero-order valence-electron chi connectivity index (χ0n) is 17.1. The molecule has 0 heterocycles. The third-order valence-electron chi connectivity index (χ3n) is 4.74. The van der Waals surface area contributed by atoms with Gasteiger partial charge < -0.3 is 15.7 Å². The molecular formula is C23H20ClN3O5. The summed E-state index contributed by atoms with van der Waals surface area (Å²) in [6.07, 6.45) is 0. The van der Waals surface area contributed by atoms with Crippen molar-refractivity contribution in [1.29, 1.82) is 0 Å². The highest BCUT2D eigenvalue weighted by Gasteiger charge is 2.19. The number of nitro groups is 1. The third kappa shape index (κ3) is 5.11. The van der Waals surface area contributed by atoms with Gasteiger partial charge in [0, 0.05) is 35.0 Å². The molecule has 0 unspecified atom stereocenters. The van der Waals surface area contributed by atoms with Crippen LogP contribution in [0.4, 0.5) is 17.1 Å². The molecule has 3 aromatic rings. The van der Waals surface area contributed by atoms with E-state index in [-0.39, 0.29) is 40.8 Å². The first-order chi connectivity index (χ1) is 15.3. The van der Waals surface area contributed by atoms with E-state index in [0.717, 1.165) is 0 Å². The van der Waals surface area contributed by atoms with Crippen LogP contribution in [0.1, 0.15) is 31.8 Å². The molecule has 3 rings (SSSR count). The van der Waals surface area contributed by atoms with Gasteiger partial charge in [-0.25, -0.2) is 0 Å². The molecule has 0 saturated heterocycles. The Balaban J connectivity index is 1.88. The number of para-hydroxylation sites is 2. The highest BCUT2D eigenvalue weighted by molar-refractivity contribution is 6.35. The summed E-state index contributed by atoms with van der Waals surface area (Å²) in [5.74, 6) is -0.759. The molecular weight excluding hydrogens is 434 g/mol. The van der Waals surface area contributed by atoms with Crippen LogP contribution in [0.5, 0.6) is 0 Å². The number of aryl methyl sites for hydroxylation is 1. The van der Waals surface area contributed by atoms with Crippen molar-refractivity contribution in [3.05, 3.63) is 98.1 Å². The molecule has 164 valence electrons. The van der Waals surface area contributed by atoms with Crippen molar-refractivity contribution in [1.82, 2.24) is 5.32 Å². The summed E-state index contributed by atoms with van der Waals surface area (Å²) in [6, 6.07) is 15.6. The Morgan fingerprint density at radius 1 is 1.06 bits per heavy atom. The smallest absolute Gasteiger partial charge is 0.292 e. The number of carbonyl (C=O) groups is 2. The van der Waals surface area contributed by atoms with E-state index in [0.29, 0.717) is 22.5 Å². The molecule has 32 heavy (non-hydrogen) atoms. The van der Waals surface area contributed by atoms with Gasteiger partial charge in [0.05, 0.1) is 16.6 Å². The van der Waals surface area contributed by atoms with Crippen LogP contribution in [0, 0.1) is 17.0 Å². The predicted octanol–water partition coefficient (Wildman–Crippen LogP) is 4.25. The van der Waals surface area contributed by atoms with Crippen LogP contribution in [0.3, 0.4) is 0 Å². The molecule has 3 aromatic carbocycles. The highest BCUT2D eigenvalue weighted by Crippen LogP contribution is 2.30. The number of benzene rings is 3. The van der Waals surface area contributed by atoms with E-state index in [1.54, 1.807) is 43.3 Å². The number of amides is 1. The second-order valence-electron chi connectivity index (χ2n) is 6.93. The summed E-state index contributed by atoms with van der Waals surface area (Å²) < 4.78 is 0. The van der Waals surface area contributed by atoms with Gasteiger partial charge in [-0.3, -0.25) is 19.7 Å². The number of hydrogen-bond donors (Lipinski definition) is 3. The maximum absolute atomic E-state index is 13.1. The lowest BCUT2D eigenvalue weighted by Crippen LogP contribution is -2.26. The minimum Gasteiger partial charge on any atom is -0.395 e. The van der Waals surface area contributed by atoms with Gasteiger partial charge in [0.15, 0.2) is 5.78 Å². The molecule has 0 spiro atoms. The van der Waals surface area contributed by atoms with Crippen LogP contribution in [0.25, 0.3) is 0 Å². The first kappa shape index (κ1) is 22.9. The fourth-order valence-electron chi connectivity index (χ4n) is 3.10. The van der Waals surface area contributed by atoms with Crippen LogP contribution < -0.4 is 10.6 Å². The Morgan fingerprint density at radius 2 is 1.81 bits per heavy atom. The fourth-order valence-corrected chi connectivity index (χ4v) is 3.36. The van der Waals surface area contributed by atoms with Crippen molar-refractivity contribution in [3.8, 4) is 0 Å². The molecule has 1 amide bonds. The van der Waals surface area contributed by atoms with E-state index in [4.69, 9.17) is 16.7 Å². The number of nitrogens with zero attached hydrogens (tertiary/aromatic N) is 1. The molecule has 0 aromatic heterocycles. The van der Waals surface area contributed by atoms with Crippen molar-refractivity contribution in [2.45, 2.75) is 6.92 Å². The van der Waals surface area contributed by atoms with E-state index in [2.05, 4.69) is 10.6 Å². The predicted molar refractivity (Wildman–Crippen MR) is 122 cm³/mol. The van der Waals surface area contributed by atoms with Gasteiger partial charge in [-0.2, -0.15) is 0 Å². The molecule has 0 aliphatic carbocycles. The van der Waals surface area contributed by atoms with Crippen molar-refractivity contribution in [2.24, 2.45) is 0 Å². The topological polar surface area (TPSA) is 122 Å². The number of rotatable bonds is 8. The van der Waals surface area contributed by atoms with E-state index in [1.807, 2.05) is 0 Å². The van der Waals surface area contributed by atoms with Crippen LogP contribution in [-0.2, 0) is 0 Å². The van der Waals surface area contributed by atoms with Crippen molar-refractivity contribution in [2.75, 3.05) is 18.5 Å². The minimum absolute atomic E-state index is 0.0873. The highest BCUT2D eigenvalue weighted by atomic mass is 35.5. The lowest BCUT2D eigenvalue weighted by Gasteiger charge is -2.12. The van der Waals surface area contributed by atoms with E-state index in [9.17, 15) is 19.7 Å². The summed E-state index contributed by atoms with van der Waals surface area (Å²) in [4.78, 5) is 36.0. The maximum Gasteiger partial charge on any atom is 0.292 e. The van der Waals surface area contributed by atoms with Gasteiger partial charge in [-0.15, -0.1) is 0 Å². The Kier molecular flexibility index (Phi) is 7.19. The molecule has 0 radical (unpaired) electrons. The Bertz CT molecular complexity index is 1200. The van der Waals surface area contributed by atoms with Crippen LogP contribution in [-0.4, -0.2) is 34.9 Å². The number of anilines is 2. The molecule has 0 aliphatic rings. The normalized spacial score (nSPS) is 10.5. The molecule has 0 aliphatic heterocycles. The Hall–Kier alpha value is -3.75. The largest absolute Gasteiger partial charge is 0.395 e. The number of carbonyl (C=O) groups excluding carboxylic acids is 2. The Labute approximate surface area is 189 Å². The average molecular weight is 454 g/mol. The first-order valence-corrected chi connectivity index (χ1v) is 10.0. The van der Waals surface area contributed by atoms with Gasteiger partial charge in [0.2, 0.25) is 0 Å². The molecule has 0 saturated carbocycles. The van der Waals surface area contributed by atoms with Crippen molar-refractivity contribution >= 4 is 40.4 Å². The number of aliphatic hydroxyl groups is 1. The van der Waals surface area contributed by atoms with Gasteiger partial charge in [-0.05, 0) is 48.9 Å². The average Bonchev–Trinajstić information content (AvgIpc) is 2.77. The second kappa shape index (κ2) is 10.0. The van der Waals surface area contributed by atoms with Crippen molar-refractivity contribution < 1.29 is 19.6 Å². The van der Waals surface area contributed by atoms with Gasteiger partial charge in [-0.1, -0.05) is 29.8 Å². The van der Waals surface area contributed by atoms with Crippen molar-refractivity contribution in [3.63, 3.8) is 0 Å². The summed E-state index contributed by atoms with van der Waals surface area (Å²) >= 11 is 6.36. The molecule has 8 nitrogen and oxygen atoms in total. The lowest BCUT2D eigenvalue weighted by molar-refractivity contribution is -0.383. The quantitative estimate of drug-likeness (QED) is 0.266. The molecule has 3 N–H and O–H groups in total. The number of hydrogen-bond acceptors (Lipinski definition) is 6. The van der Waals surface area contributed by atoms with Gasteiger partial charge in [0.1, 0.15) is 5.69 Å². The first-order valence-electron chi connectivity index (χ1n) is 9.66. The number of nitrogens with one attached hydrogen (secondary N) is 2. The minimum atomic E-state index is -0.492. The molecule has 0 bridgehead atoms. The summed E-state index contributed by atoms with van der Waals surface area (Å²) in [5, 5.41) is 25.7. The van der Waals surface area contributed by atoms with Crippen LogP contribution in [0.15, 0.2) is 60.7 Å². The summed E-state index contributed by atoms with van der Waals surface area (Å²) in [6.45, 7) is 1.67. The zero-order valence-corrected chi connectivity index (χ0v) is 17.8. The number of halogens is 1. The molecule has 0 atom stereocenters. The Morgan fingerprint density at radius 3 is 2.50 bits per heavy atom. The lowest BCUT2D eigenvalue weighted by atomic mass is 9.96. The van der Waals surface area contributed by atoms with E-state index >= 15 is 0 Å². The number of aliphatic hydroxyl groups excluding tert-OH is 1. The number of nitro benzene ring substituents is 1.